The zero-order valence-electron chi connectivity index (χ0n) is 11.5. The van der Waals surface area contributed by atoms with Gasteiger partial charge >= 0.3 is 0 Å². The second kappa shape index (κ2) is 5.79. The van der Waals surface area contributed by atoms with Gasteiger partial charge in [-0.25, -0.2) is 9.37 Å². The fraction of sp³-hybridized carbons (Fsp3) is 0.118. The van der Waals surface area contributed by atoms with Crippen LogP contribution in [0.15, 0.2) is 54.7 Å². The lowest BCUT2D eigenvalue weighted by Gasteiger charge is -2.10. The Bertz CT molecular complexity index is 757. The highest BCUT2D eigenvalue weighted by Crippen LogP contribution is 2.27. The van der Waals surface area contributed by atoms with Gasteiger partial charge in [-0.2, -0.15) is 0 Å². The van der Waals surface area contributed by atoms with Crippen LogP contribution in [0.25, 0.3) is 10.8 Å². The number of nitrogens with zero attached hydrogens (tertiary/aromatic N) is 1. The van der Waals surface area contributed by atoms with E-state index in [0.717, 1.165) is 18.4 Å². The molecule has 0 amide bonds. The summed E-state index contributed by atoms with van der Waals surface area (Å²) in [5.41, 5.74) is 7.53. The SMILES string of the molecule is Nc1cc(F)cc2c(NCCc3ccccc3)nccc12. The first kappa shape index (κ1) is 13.4. The van der Waals surface area contributed by atoms with Gasteiger partial charge in [-0.3, -0.25) is 0 Å². The molecule has 0 radical (unpaired) electrons. The molecule has 4 heteroatoms. The van der Waals surface area contributed by atoms with Crippen LogP contribution in [-0.4, -0.2) is 11.5 Å². The van der Waals surface area contributed by atoms with E-state index in [1.54, 1.807) is 12.3 Å². The number of nitrogen functional groups attached to an aromatic ring is 1. The lowest BCUT2D eigenvalue weighted by atomic mass is 10.1. The zero-order chi connectivity index (χ0) is 14.7. The highest BCUT2D eigenvalue weighted by Gasteiger charge is 2.06. The molecule has 3 nitrogen and oxygen atoms in total. The van der Waals surface area contributed by atoms with E-state index in [1.807, 2.05) is 18.2 Å². The predicted molar refractivity (Wildman–Crippen MR) is 84.7 cm³/mol. The number of aromatic nitrogens is 1. The summed E-state index contributed by atoms with van der Waals surface area (Å²) in [6, 6.07) is 14.8. The van der Waals surface area contributed by atoms with E-state index < -0.39 is 0 Å². The third-order valence-electron chi connectivity index (χ3n) is 3.43. The molecule has 106 valence electrons. The minimum Gasteiger partial charge on any atom is -0.398 e. The van der Waals surface area contributed by atoms with Crippen LogP contribution in [0.5, 0.6) is 0 Å². The number of nitrogens with one attached hydrogen (secondary N) is 1. The molecule has 3 N–H and O–H groups in total. The molecule has 0 atom stereocenters. The van der Waals surface area contributed by atoms with Gasteiger partial charge < -0.3 is 11.1 Å². The maximum atomic E-state index is 13.5. The third kappa shape index (κ3) is 2.94. The van der Waals surface area contributed by atoms with E-state index in [2.05, 4.69) is 22.4 Å². The van der Waals surface area contributed by atoms with Crippen LogP contribution in [0.1, 0.15) is 5.56 Å². The second-order valence-electron chi connectivity index (χ2n) is 4.91. The molecular weight excluding hydrogens is 265 g/mol. The molecule has 0 fully saturated rings. The van der Waals surface area contributed by atoms with Gasteiger partial charge in [-0.05, 0) is 30.2 Å². The van der Waals surface area contributed by atoms with Crippen LogP contribution < -0.4 is 11.1 Å². The molecule has 0 unspecified atom stereocenters. The van der Waals surface area contributed by atoms with Crippen molar-refractivity contribution in [3.05, 3.63) is 66.1 Å². The summed E-state index contributed by atoms with van der Waals surface area (Å²) >= 11 is 0. The highest BCUT2D eigenvalue weighted by atomic mass is 19.1. The first-order chi connectivity index (χ1) is 10.2. The van der Waals surface area contributed by atoms with Crippen molar-refractivity contribution in [3.8, 4) is 0 Å². The van der Waals surface area contributed by atoms with Crippen molar-refractivity contribution in [2.24, 2.45) is 0 Å². The number of benzene rings is 2. The van der Waals surface area contributed by atoms with E-state index in [4.69, 9.17) is 5.73 Å². The quantitative estimate of drug-likeness (QED) is 0.718. The first-order valence-corrected chi connectivity index (χ1v) is 6.85. The van der Waals surface area contributed by atoms with Crippen LogP contribution in [0.3, 0.4) is 0 Å². The van der Waals surface area contributed by atoms with Crippen LogP contribution >= 0.6 is 0 Å². The van der Waals surface area contributed by atoms with Crippen LogP contribution in [0.2, 0.25) is 0 Å². The van der Waals surface area contributed by atoms with Gasteiger partial charge in [-0.15, -0.1) is 0 Å². The number of halogens is 1. The smallest absolute Gasteiger partial charge is 0.134 e. The maximum Gasteiger partial charge on any atom is 0.134 e. The second-order valence-corrected chi connectivity index (χ2v) is 4.91. The number of fused-ring (bicyclic) bond motifs is 1. The Morgan fingerprint density at radius 1 is 1.05 bits per heavy atom. The molecule has 0 aliphatic rings. The Hall–Kier alpha value is -2.62. The molecule has 1 aromatic heterocycles. The molecule has 1 heterocycles. The van der Waals surface area contributed by atoms with Crippen molar-refractivity contribution in [2.45, 2.75) is 6.42 Å². The molecular formula is C17H16FN3. The molecule has 0 aliphatic carbocycles. The summed E-state index contributed by atoms with van der Waals surface area (Å²) in [4.78, 5) is 4.29. The van der Waals surface area contributed by atoms with Crippen molar-refractivity contribution in [2.75, 3.05) is 17.6 Å². The molecule has 0 spiro atoms. The Kier molecular flexibility index (Phi) is 3.69. The topological polar surface area (TPSA) is 50.9 Å². The van der Waals surface area contributed by atoms with E-state index >= 15 is 0 Å². The van der Waals surface area contributed by atoms with Crippen molar-refractivity contribution in [3.63, 3.8) is 0 Å². The summed E-state index contributed by atoms with van der Waals surface area (Å²) in [5.74, 6) is 0.314. The Labute approximate surface area is 122 Å². The average Bonchev–Trinajstić information content (AvgIpc) is 2.49. The Morgan fingerprint density at radius 2 is 1.86 bits per heavy atom. The molecule has 21 heavy (non-hydrogen) atoms. The van der Waals surface area contributed by atoms with Gasteiger partial charge in [0.2, 0.25) is 0 Å². The molecule has 0 aliphatic heterocycles. The minimum absolute atomic E-state index is 0.348. The van der Waals surface area contributed by atoms with Gasteiger partial charge in [0.05, 0.1) is 0 Å². The third-order valence-corrected chi connectivity index (χ3v) is 3.43. The fourth-order valence-electron chi connectivity index (χ4n) is 2.39. The maximum absolute atomic E-state index is 13.5. The molecule has 0 saturated carbocycles. The normalized spacial score (nSPS) is 10.7. The summed E-state index contributed by atoms with van der Waals surface area (Å²) < 4.78 is 13.5. The minimum atomic E-state index is -0.348. The molecule has 0 saturated heterocycles. The van der Waals surface area contributed by atoms with E-state index in [1.165, 1.54) is 17.7 Å². The number of pyridine rings is 1. The summed E-state index contributed by atoms with van der Waals surface area (Å²) in [5, 5.41) is 4.78. The van der Waals surface area contributed by atoms with E-state index in [-0.39, 0.29) is 5.82 Å². The monoisotopic (exact) mass is 281 g/mol. The number of hydrogen-bond donors (Lipinski definition) is 2. The number of rotatable bonds is 4. The van der Waals surface area contributed by atoms with Crippen molar-refractivity contribution < 1.29 is 4.39 Å². The van der Waals surface area contributed by atoms with E-state index in [0.29, 0.717) is 16.9 Å². The van der Waals surface area contributed by atoms with Gasteiger partial charge in [0.1, 0.15) is 11.6 Å². The summed E-state index contributed by atoms with van der Waals surface area (Å²) in [7, 11) is 0. The lowest BCUT2D eigenvalue weighted by Crippen LogP contribution is -2.07. The number of anilines is 2. The number of nitrogens with two attached hydrogens (primary N) is 1. The standard InChI is InChI=1S/C17H16FN3/c18-13-10-15-14(16(19)11-13)7-9-21-17(15)20-8-6-12-4-2-1-3-5-12/h1-5,7,9-11H,6,8,19H2,(H,20,21). The Balaban J connectivity index is 1.81. The Morgan fingerprint density at radius 3 is 2.67 bits per heavy atom. The summed E-state index contributed by atoms with van der Waals surface area (Å²) in [6.07, 6.45) is 2.56. The van der Waals surface area contributed by atoms with Crippen LogP contribution in [0.4, 0.5) is 15.9 Å². The average molecular weight is 281 g/mol. The van der Waals surface area contributed by atoms with Crippen molar-refractivity contribution >= 4 is 22.3 Å². The molecule has 3 aromatic rings. The predicted octanol–water partition coefficient (Wildman–Crippen LogP) is 3.61. The van der Waals surface area contributed by atoms with Crippen LogP contribution in [-0.2, 0) is 6.42 Å². The van der Waals surface area contributed by atoms with Gasteiger partial charge in [-0.1, -0.05) is 30.3 Å². The van der Waals surface area contributed by atoms with Crippen molar-refractivity contribution in [1.82, 2.24) is 4.98 Å². The van der Waals surface area contributed by atoms with Gasteiger partial charge in [0.15, 0.2) is 0 Å². The fourth-order valence-corrected chi connectivity index (χ4v) is 2.39. The zero-order valence-corrected chi connectivity index (χ0v) is 11.5. The largest absolute Gasteiger partial charge is 0.398 e. The molecule has 3 rings (SSSR count). The van der Waals surface area contributed by atoms with Crippen LogP contribution in [0, 0.1) is 5.82 Å². The highest BCUT2D eigenvalue weighted by molar-refractivity contribution is 5.99. The number of hydrogen-bond acceptors (Lipinski definition) is 3. The summed E-state index contributed by atoms with van der Waals surface area (Å²) in [6.45, 7) is 0.729. The first-order valence-electron chi connectivity index (χ1n) is 6.85. The van der Waals surface area contributed by atoms with Gasteiger partial charge in [0, 0.05) is 29.2 Å². The van der Waals surface area contributed by atoms with E-state index in [9.17, 15) is 4.39 Å². The lowest BCUT2D eigenvalue weighted by molar-refractivity contribution is 0.630. The van der Waals surface area contributed by atoms with Crippen molar-refractivity contribution in [1.29, 1.82) is 0 Å². The van der Waals surface area contributed by atoms with Gasteiger partial charge in [0.25, 0.3) is 0 Å². The molecule has 0 bridgehead atoms. The molecule has 2 aromatic carbocycles.